The highest BCUT2D eigenvalue weighted by Gasteiger charge is 2.12. The van der Waals surface area contributed by atoms with E-state index in [1.165, 1.54) is 44.1 Å². The first-order chi connectivity index (χ1) is 11.8. The molecule has 0 aliphatic heterocycles. The molecular weight excluding hydrogens is 322 g/mol. The first-order valence-corrected chi connectivity index (χ1v) is 9.12. The number of aromatic nitrogens is 3. The summed E-state index contributed by atoms with van der Waals surface area (Å²) in [6, 6.07) is 8.39. The van der Waals surface area contributed by atoms with Crippen LogP contribution in [0, 0.1) is 0 Å². The third-order valence-electron chi connectivity index (χ3n) is 4.38. The second-order valence-corrected chi connectivity index (χ2v) is 6.74. The van der Waals surface area contributed by atoms with Gasteiger partial charge in [-0.1, -0.05) is 49.4 Å². The largest absolute Gasteiger partial charge is 0.366 e. The molecule has 128 valence electrons. The van der Waals surface area contributed by atoms with Crippen molar-refractivity contribution < 1.29 is 0 Å². The summed E-state index contributed by atoms with van der Waals surface area (Å²) in [6.07, 6.45) is 10.3. The number of nitrogens with zero attached hydrogens (tertiary/aromatic N) is 3. The molecule has 0 saturated heterocycles. The van der Waals surface area contributed by atoms with Crippen molar-refractivity contribution in [2.75, 3.05) is 17.2 Å². The smallest absolute Gasteiger partial charge is 0.244 e. The summed E-state index contributed by atoms with van der Waals surface area (Å²) < 4.78 is 0. The molecule has 3 rings (SSSR count). The van der Waals surface area contributed by atoms with E-state index in [9.17, 15) is 0 Å². The lowest BCUT2D eigenvalue weighted by Gasteiger charge is -2.16. The zero-order valence-corrected chi connectivity index (χ0v) is 14.6. The molecule has 0 bridgehead atoms. The first kappa shape index (κ1) is 17.0. The number of nitrogens with one attached hydrogen (secondary N) is 2. The van der Waals surface area contributed by atoms with Crippen molar-refractivity contribution in [1.29, 1.82) is 0 Å². The lowest BCUT2D eigenvalue weighted by Crippen LogP contribution is -2.20. The van der Waals surface area contributed by atoms with Crippen molar-refractivity contribution in [2.45, 2.75) is 51.0 Å². The molecule has 1 aliphatic rings. The van der Waals surface area contributed by atoms with Gasteiger partial charge in [0.15, 0.2) is 5.82 Å². The lowest BCUT2D eigenvalue weighted by molar-refractivity contribution is 0.616. The van der Waals surface area contributed by atoms with E-state index in [2.05, 4.69) is 25.8 Å². The van der Waals surface area contributed by atoms with Crippen molar-refractivity contribution in [2.24, 2.45) is 0 Å². The Balaban J connectivity index is 1.50. The minimum absolute atomic E-state index is 0.506. The van der Waals surface area contributed by atoms with Gasteiger partial charge in [-0.15, -0.1) is 5.10 Å². The maximum atomic E-state index is 5.90. The first-order valence-electron chi connectivity index (χ1n) is 8.74. The van der Waals surface area contributed by atoms with Gasteiger partial charge < -0.3 is 10.6 Å². The van der Waals surface area contributed by atoms with Gasteiger partial charge in [0.25, 0.3) is 0 Å². The highest BCUT2D eigenvalue weighted by molar-refractivity contribution is 6.30. The minimum Gasteiger partial charge on any atom is -0.366 e. The summed E-state index contributed by atoms with van der Waals surface area (Å²) in [4.78, 5) is 4.53. The minimum atomic E-state index is 0.506. The van der Waals surface area contributed by atoms with Gasteiger partial charge in [-0.2, -0.15) is 10.1 Å². The summed E-state index contributed by atoms with van der Waals surface area (Å²) in [5.74, 6) is 1.38. The summed E-state index contributed by atoms with van der Waals surface area (Å²) in [6.45, 7) is 0.760. The molecule has 2 N–H and O–H groups in total. The quantitative estimate of drug-likeness (QED) is 0.763. The monoisotopic (exact) mass is 345 g/mol. The van der Waals surface area contributed by atoms with E-state index >= 15 is 0 Å². The maximum Gasteiger partial charge on any atom is 0.244 e. The third kappa shape index (κ3) is 5.34. The van der Waals surface area contributed by atoms with Crippen LogP contribution >= 0.6 is 11.6 Å². The molecule has 1 fully saturated rings. The number of anilines is 2. The Labute approximate surface area is 148 Å². The van der Waals surface area contributed by atoms with Crippen LogP contribution in [0.5, 0.6) is 0 Å². The zero-order valence-electron chi connectivity index (χ0n) is 13.8. The fourth-order valence-electron chi connectivity index (χ4n) is 3.05. The Hall–Kier alpha value is -1.88. The van der Waals surface area contributed by atoms with Crippen LogP contribution in [0.25, 0.3) is 0 Å². The van der Waals surface area contributed by atoms with Crippen molar-refractivity contribution >= 4 is 23.4 Å². The summed E-state index contributed by atoms with van der Waals surface area (Å²) >= 11 is 5.90. The van der Waals surface area contributed by atoms with Crippen LogP contribution in [0.1, 0.15) is 44.1 Å². The van der Waals surface area contributed by atoms with E-state index in [4.69, 9.17) is 11.6 Å². The van der Waals surface area contributed by atoms with Crippen molar-refractivity contribution in [1.82, 2.24) is 15.2 Å². The van der Waals surface area contributed by atoms with Crippen LogP contribution < -0.4 is 10.6 Å². The second kappa shape index (κ2) is 8.83. The van der Waals surface area contributed by atoms with Crippen LogP contribution in [-0.4, -0.2) is 27.8 Å². The van der Waals surface area contributed by atoms with E-state index in [1.807, 2.05) is 24.3 Å². The lowest BCUT2D eigenvalue weighted by atomic mass is 10.1. The van der Waals surface area contributed by atoms with E-state index in [0.29, 0.717) is 12.0 Å². The second-order valence-electron chi connectivity index (χ2n) is 6.30. The molecule has 0 radical (unpaired) electrons. The Bertz CT molecular complexity index is 624. The fraction of sp³-hybridized carbons (Fsp3) is 0.500. The average molecular weight is 346 g/mol. The van der Waals surface area contributed by atoms with Gasteiger partial charge in [-0.3, -0.25) is 0 Å². The van der Waals surface area contributed by atoms with Gasteiger partial charge in [0.2, 0.25) is 5.95 Å². The predicted octanol–water partition coefficient (Wildman–Crippen LogP) is 4.31. The van der Waals surface area contributed by atoms with Crippen LogP contribution in [0.15, 0.2) is 30.5 Å². The molecule has 1 aromatic heterocycles. The van der Waals surface area contributed by atoms with Crippen LogP contribution in [0.4, 0.5) is 11.8 Å². The Kier molecular flexibility index (Phi) is 6.24. The number of hydrogen-bond acceptors (Lipinski definition) is 5. The van der Waals surface area contributed by atoms with Crippen molar-refractivity contribution in [3.05, 3.63) is 41.0 Å². The van der Waals surface area contributed by atoms with E-state index in [-0.39, 0.29) is 0 Å². The molecule has 1 saturated carbocycles. The molecule has 1 aliphatic carbocycles. The standard InChI is InChI=1S/C18H24ClN5/c19-15-9-7-14(8-10-15)11-12-20-18-23-17(13-21-24-18)22-16-5-3-1-2-4-6-16/h7-10,13,16H,1-6,11-12H2,(H2,20,22,23,24). The number of halogens is 1. The zero-order chi connectivity index (χ0) is 16.6. The number of benzene rings is 1. The van der Waals surface area contributed by atoms with E-state index in [0.717, 1.165) is 23.8 Å². The topological polar surface area (TPSA) is 62.7 Å². The molecule has 1 heterocycles. The number of hydrogen-bond donors (Lipinski definition) is 2. The van der Waals surface area contributed by atoms with Crippen LogP contribution in [0.2, 0.25) is 5.02 Å². The number of rotatable bonds is 6. The fourth-order valence-corrected chi connectivity index (χ4v) is 3.18. The highest BCUT2D eigenvalue weighted by atomic mass is 35.5. The van der Waals surface area contributed by atoms with Gasteiger partial charge >= 0.3 is 0 Å². The van der Waals surface area contributed by atoms with Crippen molar-refractivity contribution in [3.63, 3.8) is 0 Å². The van der Waals surface area contributed by atoms with Crippen LogP contribution in [-0.2, 0) is 6.42 Å². The Morgan fingerprint density at radius 2 is 1.79 bits per heavy atom. The normalized spacial score (nSPS) is 15.7. The summed E-state index contributed by atoms with van der Waals surface area (Å²) in [5.41, 5.74) is 1.23. The Morgan fingerprint density at radius 3 is 2.54 bits per heavy atom. The van der Waals surface area contributed by atoms with Crippen molar-refractivity contribution in [3.8, 4) is 0 Å². The molecule has 1 aromatic carbocycles. The van der Waals surface area contributed by atoms with Gasteiger partial charge in [0.05, 0.1) is 6.20 Å². The molecule has 24 heavy (non-hydrogen) atoms. The van der Waals surface area contributed by atoms with Gasteiger partial charge in [0, 0.05) is 17.6 Å². The maximum absolute atomic E-state index is 5.90. The van der Waals surface area contributed by atoms with Gasteiger partial charge in [0.1, 0.15) is 0 Å². The molecule has 2 aromatic rings. The van der Waals surface area contributed by atoms with Gasteiger partial charge in [-0.05, 0) is 37.0 Å². The Morgan fingerprint density at radius 1 is 1.04 bits per heavy atom. The molecule has 0 atom stereocenters. The van der Waals surface area contributed by atoms with E-state index in [1.54, 1.807) is 6.20 Å². The van der Waals surface area contributed by atoms with E-state index < -0.39 is 0 Å². The molecule has 5 nitrogen and oxygen atoms in total. The molecule has 6 heteroatoms. The molecule has 0 amide bonds. The summed E-state index contributed by atoms with van der Waals surface area (Å²) in [7, 11) is 0. The molecular formula is C18H24ClN5. The van der Waals surface area contributed by atoms with Crippen LogP contribution in [0.3, 0.4) is 0 Å². The molecule has 0 unspecified atom stereocenters. The highest BCUT2D eigenvalue weighted by Crippen LogP contribution is 2.20. The van der Waals surface area contributed by atoms with Gasteiger partial charge in [-0.25, -0.2) is 0 Å². The SMILES string of the molecule is Clc1ccc(CCNc2nncc(NC3CCCCCC3)n2)cc1. The predicted molar refractivity (Wildman–Crippen MR) is 98.6 cm³/mol. The third-order valence-corrected chi connectivity index (χ3v) is 4.63. The average Bonchev–Trinajstić information content (AvgIpc) is 2.86. The molecule has 0 spiro atoms. The summed E-state index contributed by atoms with van der Waals surface area (Å²) in [5, 5.41) is 15.6.